The van der Waals surface area contributed by atoms with Gasteiger partial charge in [0.15, 0.2) is 0 Å². The van der Waals surface area contributed by atoms with Crippen LogP contribution in [0, 0.1) is 12.8 Å². The number of ether oxygens (including phenoxy) is 4. The number of rotatable bonds is 14. The molecular formula is C17H28O7S. The fourth-order valence-corrected chi connectivity index (χ4v) is 2.86. The molecule has 0 aliphatic heterocycles. The SMILES string of the molecule is COCCOCC(COCCOC)COS(=O)(=O)c1ccc(C)cc1. The van der Waals surface area contributed by atoms with Gasteiger partial charge in [-0.05, 0) is 19.1 Å². The minimum Gasteiger partial charge on any atom is -0.382 e. The van der Waals surface area contributed by atoms with Crippen LogP contribution in [0.15, 0.2) is 29.2 Å². The second-order valence-electron chi connectivity index (χ2n) is 5.55. The molecule has 0 atom stereocenters. The van der Waals surface area contributed by atoms with Crippen LogP contribution in [0.3, 0.4) is 0 Å². The fourth-order valence-electron chi connectivity index (χ4n) is 1.89. The van der Waals surface area contributed by atoms with Crippen molar-refractivity contribution in [3.63, 3.8) is 0 Å². The third kappa shape index (κ3) is 9.29. The Morgan fingerprint density at radius 3 is 1.84 bits per heavy atom. The zero-order valence-electron chi connectivity index (χ0n) is 15.1. The molecule has 0 fully saturated rings. The maximum atomic E-state index is 12.3. The van der Waals surface area contributed by atoms with Gasteiger partial charge in [0.1, 0.15) is 0 Å². The van der Waals surface area contributed by atoms with Gasteiger partial charge in [0.2, 0.25) is 0 Å². The van der Waals surface area contributed by atoms with E-state index in [0.29, 0.717) is 39.6 Å². The topological polar surface area (TPSA) is 80.3 Å². The van der Waals surface area contributed by atoms with Crippen LogP contribution in [0.2, 0.25) is 0 Å². The third-order valence-corrected chi connectivity index (χ3v) is 4.64. The van der Waals surface area contributed by atoms with Gasteiger partial charge in [-0.2, -0.15) is 8.42 Å². The van der Waals surface area contributed by atoms with Gasteiger partial charge in [-0.15, -0.1) is 0 Å². The normalized spacial score (nSPS) is 12.0. The lowest BCUT2D eigenvalue weighted by atomic mass is 10.2. The summed E-state index contributed by atoms with van der Waals surface area (Å²) < 4.78 is 50.5. The van der Waals surface area contributed by atoms with Crippen LogP contribution in [-0.2, 0) is 33.2 Å². The van der Waals surface area contributed by atoms with E-state index in [9.17, 15) is 8.42 Å². The summed E-state index contributed by atoms with van der Waals surface area (Å²) in [6.45, 7) is 4.31. The second-order valence-corrected chi connectivity index (χ2v) is 7.17. The first-order valence-electron chi connectivity index (χ1n) is 8.09. The highest BCUT2D eigenvalue weighted by Crippen LogP contribution is 2.15. The quantitative estimate of drug-likeness (QED) is 0.361. The van der Waals surface area contributed by atoms with E-state index >= 15 is 0 Å². The van der Waals surface area contributed by atoms with Crippen molar-refractivity contribution in [3.05, 3.63) is 29.8 Å². The average Bonchev–Trinajstić information content (AvgIpc) is 2.60. The first kappa shape index (κ1) is 22.0. The molecule has 0 saturated heterocycles. The third-order valence-electron chi connectivity index (χ3n) is 3.34. The Balaban J connectivity index is 2.54. The number of hydrogen-bond donors (Lipinski definition) is 0. The molecule has 8 heteroatoms. The Kier molecular flexibility index (Phi) is 10.9. The number of methoxy groups -OCH3 is 2. The van der Waals surface area contributed by atoms with Crippen LogP contribution in [-0.4, -0.2) is 68.9 Å². The summed E-state index contributed by atoms with van der Waals surface area (Å²) in [6, 6.07) is 6.53. The maximum Gasteiger partial charge on any atom is 0.296 e. The maximum absolute atomic E-state index is 12.3. The largest absolute Gasteiger partial charge is 0.382 e. The number of hydrogen-bond acceptors (Lipinski definition) is 7. The van der Waals surface area contributed by atoms with E-state index in [1.807, 2.05) is 6.92 Å². The van der Waals surface area contributed by atoms with Crippen LogP contribution in [0.5, 0.6) is 0 Å². The van der Waals surface area contributed by atoms with Gasteiger partial charge in [0.05, 0.1) is 51.1 Å². The molecule has 1 aromatic rings. The van der Waals surface area contributed by atoms with Gasteiger partial charge < -0.3 is 18.9 Å². The van der Waals surface area contributed by atoms with E-state index in [2.05, 4.69) is 0 Å². The molecular weight excluding hydrogens is 348 g/mol. The Labute approximate surface area is 150 Å². The zero-order valence-corrected chi connectivity index (χ0v) is 15.9. The summed E-state index contributed by atoms with van der Waals surface area (Å²) in [5.74, 6) is -0.214. The molecule has 0 unspecified atom stereocenters. The van der Waals surface area contributed by atoms with Crippen molar-refractivity contribution in [3.8, 4) is 0 Å². The van der Waals surface area contributed by atoms with Crippen LogP contribution < -0.4 is 0 Å². The van der Waals surface area contributed by atoms with Gasteiger partial charge in [-0.1, -0.05) is 17.7 Å². The molecule has 0 aliphatic rings. The highest BCUT2D eigenvalue weighted by molar-refractivity contribution is 7.86. The summed E-state index contributed by atoms with van der Waals surface area (Å²) in [5, 5.41) is 0. The minimum absolute atomic E-state index is 0.0177. The van der Waals surface area contributed by atoms with E-state index in [0.717, 1.165) is 5.56 Å². The lowest BCUT2D eigenvalue weighted by Gasteiger charge is -2.17. The van der Waals surface area contributed by atoms with Gasteiger partial charge in [-0.3, -0.25) is 4.18 Å². The molecule has 0 aromatic heterocycles. The molecule has 7 nitrogen and oxygen atoms in total. The van der Waals surface area contributed by atoms with Gasteiger partial charge in [-0.25, -0.2) is 0 Å². The van der Waals surface area contributed by atoms with Crippen LogP contribution in [0.1, 0.15) is 5.56 Å². The summed E-state index contributed by atoms with van der Waals surface area (Å²) in [4.78, 5) is 0.137. The van der Waals surface area contributed by atoms with Crippen molar-refractivity contribution < 1.29 is 31.5 Å². The van der Waals surface area contributed by atoms with Gasteiger partial charge in [0, 0.05) is 20.1 Å². The Bertz CT molecular complexity index is 545. The standard InChI is InChI=1S/C17H28O7S/c1-15-4-6-17(7-5-15)25(18,19)24-14-16(12-22-10-8-20-2)13-23-11-9-21-3/h4-7,16H,8-14H2,1-3H3. The zero-order chi connectivity index (χ0) is 18.5. The molecule has 0 heterocycles. The number of benzene rings is 1. The molecule has 0 bridgehead atoms. The van der Waals surface area contributed by atoms with E-state index in [1.54, 1.807) is 26.4 Å². The molecule has 0 radical (unpaired) electrons. The van der Waals surface area contributed by atoms with E-state index in [4.69, 9.17) is 23.1 Å². The summed E-state index contributed by atoms with van der Waals surface area (Å²) in [7, 11) is -0.625. The van der Waals surface area contributed by atoms with Crippen molar-refractivity contribution >= 4 is 10.1 Å². The molecule has 25 heavy (non-hydrogen) atoms. The van der Waals surface area contributed by atoms with Gasteiger partial charge >= 0.3 is 0 Å². The Morgan fingerprint density at radius 2 is 1.36 bits per heavy atom. The molecule has 0 amide bonds. The predicted molar refractivity (Wildman–Crippen MR) is 93.2 cm³/mol. The van der Waals surface area contributed by atoms with Crippen molar-refractivity contribution in [2.75, 3.05) is 60.5 Å². The monoisotopic (exact) mass is 376 g/mol. The highest BCUT2D eigenvalue weighted by Gasteiger charge is 2.19. The first-order valence-corrected chi connectivity index (χ1v) is 9.50. The lowest BCUT2D eigenvalue weighted by Crippen LogP contribution is -2.25. The van der Waals surface area contributed by atoms with Gasteiger partial charge in [0.25, 0.3) is 10.1 Å². The minimum atomic E-state index is -3.80. The van der Waals surface area contributed by atoms with Crippen molar-refractivity contribution in [2.24, 2.45) is 5.92 Å². The van der Waals surface area contributed by atoms with Crippen LogP contribution >= 0.6 is 0 Å². The van der Waals surface area contributed by atoms with Crippen molar-refractivity contribution in [1.82, 2.24) is 0 Å². The summed E-state index contributed by atoms with van der Waals surface area (Å²) >= 11 is 0. The second kappa shape index (κ2) is 12.3. The van der Waals surface area contributed by atoms with Crippen LogP contribution in [0.4, 0.5) is 0 Å². The molecule has 0 N–H and O–H groups in total. The lowest BCUT2D eigenvalue weighted by molar-refractivity contribution is -0.00433. The Hall–Kier alpha value is -1.03. The molecule has 0 spiro atoms. The number of aryl methyl sites for hydroxylation is 1. The molecule has 0 saturated carbocycles. The van der Waals surface area contributed by atoms with Crippen LogP contribution in [0.25, 0.3) is 0 Å². The fraction of sp³-hybridized carbons (Fsp3) is 0.647. The molecule has 1 rings (SSSR count). The molecule has 1 aromatic carbocycles. The first-order chi connectivity index (χ1) is 12.0. The van der Waals surface area contributed by atoms with E-state index in [1.165, 1.54) is 12.1 Å². The highest BCUT2D eigenvalue weighted by atomic mass is 32.2. The molecule has 0 aliphatic carbocycles. The summed E-state index contributed by atoms with van der Waals surface area (Å²) in [6.07, 6.45) is 0. The van der Waals surface area contributed by atoms with Crippen molar-refractivity contribution in [1.29, 1.82) is 0 Å². The smallest absolute Gasteiger partial charge is 0.296 e. The average molecular weight is 376 g/mol. The van der Waals surface area contributed by atoms with Crippen molar-refractivity contribution in [2.45, 2.75) is 11.8 Å². The Morgan fingerprint density at radius 1 is 0.840 bits per heavy atom. The van der Waals surface area contributed by atoms with E-state index < -0.39 is 10.1 Å². The molecule has 144 valence electrons. The summed E-state index contributed by atoms with van der Waals surface area (Å²) in [5.41, 5.74) is 0.981. The van der Waals surface area contributed by atoms with E-state index in [-0.39, 0.29) is 17.4 Å². The predicted octanol–water partition coefficient (Wildman–Crippen LogP) is 1.64.